The van der Waals surface area contributed by atoms with E-state index in [2.05, 4.69) is 47.7 Å². The van der Waals surface area contributed by atoms with Gasteiger partial charge >= 0.3 is 0 Å². The lowest BCUT2D eigenvalue weighted by Gasteiger charge is -2.19. The van der Waals surface area contributed by atoms with Crippen molar-refractivity contribution in [3.63, 3.8) is 0 Å². The molecule has 0 unspecified atom stereocenters. The Morgan fingerprint density at radius 2 is 1.95 bits per heavy atom. The third kappa shape index (κ3) is 3.08. The highest BCUT2D eigenvalue weighted by atomic mass is 16.5. The Balaban J connectivity index is 1.66. The molecule has 0 amide bonds. The van der Waals surface area contributed by atoms with E-state index in [1.165, 1.54) is 5.56 Å². The summed E-state index contributed by atoms with van der Waals surface area (Å²) in [5, 5.41) is 8.30. The number of benzene rings is 1. The minimum absolute atomic E-state index is 0.157. The van der Waals surface area contributed by atoms with Crippen molar-refractivity contribution < 1.29 is 9.47 Å². The van der Waals surface area contributed by atoms with Gasteiger partial charge in [-0.3, -0.25) is 0 Å². The zero-order chi connectivity index (χ0) is 14.9. The Hall–Kier alpha value is -1.88. The second-order valence-corrected chi connectivity index (χ2v) is 6.30. The maximum Gasteiger partial charge on any atom is 0.171 e. The van der Waals surface area contributed by atoms with Crippen LogP contribution in [0.25, 0.3) is 0 Å². The van der Waals surface area contributed by atoms with Gasteiger partial charge in [0.15, 0.2) is 11.6 Å². The molecule has 0 bridgehead atoms. The molecule has 0 spiro atoms. The van der Waals surface area contributed by atoms with Crippen molar-refractivity contribution >= 4 is 0 Å². The van der Waals surface area contributed by atoms with Gasteiger partial charge in [0.2, 0.25) is 0 Å². The molecule has 1 aromatic heterocycles. The Morgan fingerprint density at radius 1 is 1.19 bits per heavy atom. The second-order valence-electron chi connectivity index (χ2n) is 6.30. The number of ether oxygens (including phenoxy) is 2. The van der Waals surface area contributed by atoms with E-state index >= 15 is 0 Å². The van der Waals surface area contributed by atoms with Crippen molar-refractivity contribution in [2.75, 3.05) is 6.61 Å². The van der Waals surface area contributed by atoms with Gasteiger partial charge in [0, 0.05) is 6.54 Å². The van der Waals surface area contributed by atoms with Crippen LogP contribution in [0.3, 0.4) is 0 Å². The van der Waals surface area contributed by atoms with Crippen LogP contribution in [0, 0.1) is 0 Å². The molecule has 3 rings (SSSR count). The molecule has 1 aliphatic rings. The van der Waals surface area contributed by atoms with Gasteiger partial charge in [0.1, 0.15) is 19.0 Å². The second kappa shape index (κ2) is 5.48. The van der Waals surface area contributed by atoms with Gasteiger partial charge in [0.05, 0.1) is 6.61 Å². The summed E-state index contributed by atoms with van der Waals surface area (Å²) >= 11 is 0. The number of rotatable bonds is 3. The van der Waals surface area contributed by atoms with Crippen molar-refractivity contribution in [3.05, 3.63) is 41.5 Å². The van der Waals surface area contributed by atoms with Crippen molar-refractivity contribution in [1.29, 1.82) is 0 Å². The quantitative estimate of drug-likeness (QED) is 0.871. The summed E-state index contributed by atoms with van der Waals surface area (Å²) in [6.07, 6.45) is 0. The Morgan fingerprint density at radius 3 is 2.67 bits per heavy atom. The van der Waals surface area contributed by atoms with Gasteiger partial charge in [-0.25, -0.2) is 0 Å². The van der Waals surface area contributed by atoms with Gasteiger partial charge in [0.25, 0.3) is 0 Å². The first-order chi connectivity index (χ1) is 10.0. The summed E-state index contributed by atoms with van der Waals surface area (Å²) in [6, 6.07) is 8.25. The van der Waals surface area contributed by atoms with Crippen LogP contribution in [0.15, 0.2) is 24.3 Å². The molecule has 2 heterocycles. The molecule has 1 aliphatic heterocycles. The van der Waals surface area contributed by atoms with Gasteiger partial charge in [-0.1, -0.05) is 32.9 Å². The molecular weight excluding hydrogens is 266 g/mol. The molecule has 0 saturated carbocycles. The number of hydrogen-bond acceptors (Lipinski definition) is 4. The van der Waals surface area contributed by atoms with Crippen LogP contribution in [-0.4, -0.2) is 21.4 Å². The third-order valence-electron chi connectivity index (χ3n) is 3.68. The van der Waals surface area contributed by atoms with Crippen LogP contribution < -0.4 is 4.74 Å². The largest absolute Gasteiger partial charge is 0.486 e. The molecule has 0 radical (unpaired) electrons. The molecule has 0 aliphatic carbocycles. The Labute approximate surface area is 124 Å². The highest BCUT2D eigenvalue weighted by molar-refractivity contribution is 5.31. The fourth-order valence-electron chi connectivity index (χ4n) is 2.36. The lowest BCUT2D eigenvalue weighted by atomic mass is 9.87. The van der Waals surface area contributed by atoms with Gasteiger partial charge in [-0.2, -0.15) is 0 Å². The first-order valence-corrected chi connectivity index (χ1v) is 7.26. The summed E-state index contributed by atoms with van der Waals surface area (Å²) in [6.45, 7) is 9.08. The molecule has 0 saturated heterocycles. The minimum atomic E-state index is 0.157. The van der Waals surface area contributed by atoms with Gasteiger partial charge in [-0.15, -0.1) is 10.2 Å². The molecule has 5 heteroatoms. The normalized spacial score (nSPS) is 14.8. The summed E-state index contributed by atoms with van der Waals surface area (Å²) in [7, 11) is 0. The standard InChI is InChI=1S/C16H21N3O2/c1-16(2,3)12-4-6-13(7-5-12)21-11-15-18-17-14-10-20-9-8-19(14)15/h4-7H,8-11H2,1-3H3. The average molecular weight is 287 g/mol. The van der Waals surface area contributed by atoms with E-state index in [-0.39, 0.29) is 5.41 Å². The molecule has 112 valence electrons. The molecule has 2 aromatic rings. The first kappa shape index (κ1) is 14.1. The summed E-state index contributed by atoms with van der Waals surface area (Å²) < 4.78 is 13.2. The van der Waals surface area contributed by atoms with E-state index in [0.29, 0.717) is 19.8 Å². The van der Waals surface area contributed by atoms with E-state index in [0.717, 1.165) is 23.9 Å². The summed E-state index contributed by atoms with van der Waals surface area (Å²) in [4.78, 5) is 0. The Kier molecular flexibility index (Phi) is 3.68. The van der Waals surface area contributed by atoms with E-state index in [1.54, 1.807) is 0 Å². The van der Waals surface area contributed by atoms with Gasteiger partial charge < -0.3 is 14.0 Å². The molecule has 0 fully saturated rings. The molecule has 21 heavy (non-hydrogen) atoms. The summed E-state index contributed by atoms with van der Waals surface area (Å²) in [5.41, 5.74) is 1.46. The van der Waals surface area contributed by atoms with Crippen LogP contribution in [0.4, 0.5) is 0 Å². The van der Waals surface area contributed by atoms with Crippen LogP contribution >= 0.6 is 0 Å². The van der Waals surface area contributed by atoms with Gasteiger partial charge in [-0.05, 0) is 23.1 Å². The fraction of sp³-hybridized carbons (Fsp3) is 0.500. The number of nitrogens with zero attached hydrogens (tertiary/aromatic N) is 3. The predicted molar refractivity (Wildman–Crippen MR) is 79.2 cm³/mol. The van der Waals surface area contributed by atoms with Crippen molar-refractivity contribution in [2.45, 2.75) is 45.9 Å². The SMILES string of the molecule is CC(C)(C)c1ccc(OCc2nnc3n2CCOC3)cc1. The smallest absolute Gasteiger partial charge is 0.171 e. The van der Waals surface area contributed by atoms with Crippen molar-refractivity contribution in [1.82, 2.24) is 14.8 Å². The van der Waals surface area contributed by atoms with E-state index < -0.39 is 0 Å². The van der Waals surface area contributed by atoms with E-state index in [4.69, 9.17) is 9.47 Å². The summed E-state index contributed by atoms with van der Waals surface area (Å²) in [5.74, 6) is 2.59. The molecular formula is C16H21N3O2. The topological polar surface area (TPSA) is 49.2 Å². The third-order valence-corrected chi connectivity index (χ3v) is 3.68. The van der Waals surface area contributed by atoms with Crippen LogP contribution in [0.2, 0.25) is 0 Å². The molecule has 0 atom stereocenters. The predicted octanol–water partition coefficient (Wildman–Crippen LogP) is 2.68. The van der Waals surface area contributed by atoms with E-state index in [1.807, 2.05) is 12.1 Å². The molecule has 0 N–H and O–H groups in total. The molecule has 1 aromatic carbocycles. The van der Waals surface area contributed by atoms with Crippen molar-refractivity contribution in [3.8, 4) is 5.75 Å². The zero-order valence-corrected chi connectivity index (χ0v) is 12.8. The van der Waals surface area contributed by atoms with Crippen LogP contribution in [-0.2, 0) is 29.9 Å². The fourth-order valence-corrected chi connectivity index (χ4v) is 2.36. The average Bonchev–Trinajstić information content (AvgIpc) is 2.88. The number of aromatic nitrogens is 3. The maximum atomic E-state index is 5.82. The number of hydrogen-bond donors (Lipinski definition) is 0. The molecule has 5 nitrogen and oxygen atoms in total. The van der Waals surface area contributed by atoms with Crippen LogP contribution in [0.1, 0.15) is 38.0 Å². The number of fused-ring (bicyclic) bond motifs is 1. The highest BCUT2D eigenvalue weighted by Crippen LogP contribution is 2.24. The lowest BCUT2D eigenvalue weighted by molar-refractivity contribution is 0.0794. The first-order valence-electron chi connectivity index (χ1n) is 7.26. The van der Waals surface area contributed by atoms with Crippen LogP contribution in [0.5, 0.6) is 5.75 Å². The highest BCUT2D eigenvalue weighted by Gasteiger charge is 2.17. The lowest BCUT2D eigenvalue weighted by Crippen LogP contribution is -2.19. The Bertz CT molecular complexity index is 611. The maximum absolute atomic E-state index is 5.82. The zero-order valence-electron chi connectivity index (χ0n) is 12.8. The monoisotopic (exact) mass is 287 g/mol. The minimum Gasteiger partial charge on any atom is -0.486 e. The van der Waals surface area contributed by atoms with E-state index in [9.17, 15) is 0 Å². The van der Waals surface area contributed by atoms with Crippen molar-refractivity contribution in [2.24, 2.45) is 0 Å².